The van der Waals surface area contributed by atoms with Crippen molar-refractivity contribution in [2.75, 3.05) is 5.73 Å². The molecule has 2 aromatic rings. The van der Waals surface area contributed by atoms with Gasteiger partial charge in [-0.1, -0.05) is 0 Å². The maximum absolute atomic E-state index is 5.92. The number of aromatic nitrogens is 2. The molecule has 0 radical (unpaired) electrons. The number of nitrogen functional groups attached to an aromatic ring is 1. The average Bonchev–Trinajstić information content (AvgIpc) is 2.25. The summed E-state index contributed by atoms with van der Waals surface area (Å²) < 4.78 is 1.13. The zero-order valence-corrected chi connectivity index (χ0v) is 11.6. The van der Waals surface area contributed by atoms with E-state index in [4.69, 9.17) is 5.73 Å². The second-order valence-electron chi connectivity index (χ2n) is 3.33. The summed E-state index contributed by atoms with van der Waals surface area (Å²) in [5, 5.41) is 0.721. The first-order chi connectivity index (χ1) is 7.65. The highest BCUT2D eigenvalue weighted by Crippen LogP contribution is 2.30. The lowest BCUT2D eigenvalue weighted by Crippen LogP contribution is -1.91. The fraction of sp³-hybridized carbons (Fsp3) is 0.0909. The molecule has 3 nitrogen and oxygen atoms in total. The van der Waals surface area contributed by atoms with Crippen molar-refractivity contribution < 1.29 is 0 Å². The molecule has 0 saturated carbocycles. The summed E-state index contributed by atoms with van der Waals surface area (Å²) in [5.74, 6) is 0. The van der Waals surface area contributed by atoms with Crippen LogP contribution in [0.5, 0.6) is 0 Å². The van der Waals surface area contributed by atoms with Gasteiger partial charge < -0.3 is 5.73 Å². The van der Waals surface area contributed by atoms with Gasteiger partial charge in [0.15, 0.2) is 5.16 Å². The number of hydrogen-bond acceptors (Lipinski definition) is 4. The molecule has 1 aromatic carbocycles. The summed E-state index contributed by atoms with van der Waals surface area (Å²) >= 11 is 3.72. The third-order valence-corrected chi connectivity index (χ3v) is 3.59. The molecule has 0 aliphatic rings. The summed E-state index contributed by atoms with van der Waals surface area (Å²) in [5.41, 5.74) is 7.74. The van der Waals surface area contributed by atoms with Crippen molar-refractivity contribution >= 4 is 40.0 Å². The summed E-state index contributed by atoms with van der Waals surface area (Å²) in [6.07, 6.45) is 3.61. The van der Waals surface area contributed by atoms with E-state index < -0.39 is 0 Å². The van der Waals surface area contributed by atoms with Crippen molar-refractivity contribution in [1.29, 1.82) is 0 Å². The van der Waals surface area contributed by atoms with Crippen LogP contribution >= 0.6 is 34.4 Å². The number of halogens is 1. The molecule has 16 heavy (non-hydrogen) atoms. The van der Waals surface area contributed by atoms with Crippen molar-refractivity contribution in [1.82, 2.24) is 9.97 Å². The molecule has 1 aromatic heterocycles. The van der Waals surface area contributed by atoms with E-state index in [1.54, 1.807) is 12.4 Å². The third-order valence-electron chi connectivity index (χ3n) is 1.93. The van der Waals surface area contributed by atoms with Crippen LogP contribution in [0.3, 0.4) is 0 Å². The van der Waals surface area contributed by atoms with Crippen LogP contribution in [0.4, 0.5) is 5.69 Å². The molecule has 82 valence electrons. The van der Waals surface area contributed by atoms with Crippen LogP contribution in [-0.2, 0) is 0 Å². The molecular weight excluding hydrogens is 333 g/mol. The van der Waals surface area contributed by atoms with Crippen LogP contribution in [-0.4, -0.2) is 9.97 Å². The summed E-state index contributed by atoms with van der Waals surface area (Å²) in [7, 11) is 0. The van der Waals surface area contributed by atoms with E-state index in [0.717, 1.165) is 24.9 Å². The van der Waals surface area contributed by atoms with Gasteiger partial charge in [-0.2, -0.15) is 0 Å². The lowest BCUT2D eigenvalue weighted by atomic mass is 10.3. The van der Waals surface area contributed by atoms with Crippen LogP contribution in [0, 0.1) is 10.5 Å². The minimum Gasteiger partial charge on any atom is -0.398 e. The van der Waals surface area contributed by atoms with Crippen molar-refractivity contribution in [3.8, 4) is 0 Å². The Hall–Kier alpha value is -0.820. The molecular formula is C11H10IN3S. The summed E-state index contributed by atoms with van der Waals surface area (Å²) in [4.78, 5) is 9.45. The Labute approximate surface area is 112 Å². The second-order valence-corrected chi connectivity index (χ2v) is 5.58. The Morgan fingerprint density at radius 1 is 1.25 bits per heavy atom. The highest BCUT2D eigenvalue weighted by molar-refractivity contribution is 14.1. The molecule has 0 amide bonds. The van der Waals surface area contributed by atoms with Gasteiger partial charge in [-0.25, -0.2) is 9.97 Å². The lowest BCUT2D eigenvalue weighted by Gasteiger charge is -2.04. The predicted molar refractivity (Wildman–Crippen MR) is 74.5 cm³/mol. The zero-order valence-electron chi connectivity index (χ0n) is 8.64. The number of nitrogens with two attached hydrogens (primary N) is 1. The molecule has 2 rings (SSSR count). The Kier molecular flexibility index (Phi) is 3.65. The normalized spacial score (nSPS) is 10.4. The van der Waals surface area contributed by atoms with E-state index in [1.807, 2.05) is 25.1 Å². The largest absolute Gasteiger partial charge is 0.398 e. The number of benzene rings is 1. The number of nitrogens with zero attached hydrogens (tertiary/aromatic N) is 2. The maximum Gasteiger partial charge on any atom is 0.192 e. The fourth-order valence-electron chi connectivity index (χ4n) is 1.14. The van der Waals surface area contributed by atoms with E-state index in [2.05, 4.69) is 32.6 Å². The third kappa shape index (κ3) is 2.85. The van der Waals surface area contributed by atoms with Gasteiger partial charge in [-0.3, -0.25) is 0 Å². The first-order valence-electron chi connectivity index (χ1n) is 4.66. The summed E-state index contributed by atoms with van der Waals surface area (Å²) in [6, 6.07) is 5.95. The number of hydrogen-bond donors (Lipinski definition) is 1. The molecule has 0 aliphatic carbocycles. The van der Waals surface area contributed by atoms with Crippen molar-refractivity contribution in [2.45, 2.75) is 17.0 Å². The standard InChI is InChI=1S/C11H10IN3S/c1-7-5-14-11(15-6-7)16-10-3-2-8(12)4-9(10)13/h2-6H,13H2,1H3. The van der Waals surface area contributed by atoms with E-state index in [-0.39, 0.29) is 0 Å². The Balaban J connectivity index is 2.23. The average molecular weight is 343 g/mol. The molecule has 0 aliphatic heterocycles. The van der Waals surface area contributed by atoms with E-state index in [9.17, 15) is 0 Å². The van der Waals surface area contributed by atoms with Gasteiger partial charge in [-0.05, 0) is 65.0 Å². The van der Waals surface area contributed by atoms with Gasteiger partial charge in [0.1, 0.15) is 0 Å². The minimum absolute atomic E-state index is 0.721. The number of rotatable bonds is 2. The van der Waals surface area contributed by atoms with Gasteiger partial charge in [0, 0.05) is 26.5 Å². The first-order valence-corrected chi connectivity index (χ1v) is 6.56. The molecule has 2 N–H and O–H groups in total. The molecule has 0 bridgehead atoms. The SMILES string of the molecule is Cc1cnc(Sc2ccc(I)cc2N)nc1. The van der Waals surface area contributed by atoms with Gasteiger partial charge >= 0.3 is 0 Å². The van der Waals surface area contributed by atoms with Crippen molar-refractivity contribution in [3.63, 3.8) is 0 Å². The van der Waals surface area contributed by atoms with E-state index >= 15 is 0 Å². The molecule has 0 saturated heterocycles. The first kappa shape index (κ1) is 11.7. The number of aryl methyl sites for hydroxylation is 1. The topological polar surface area (TPSA) is 51.8 Å². The molecule has 1 heterocycles. The predicted octanol–water partition coefficient (Wildman–Crippen LogP) is 3.12. The highest BCUT2D eigenvalue weighted by atomic mass is 127. The molecule has 0 unspecified atom stereocenters. The van der Waals surface area contributed by atoms with E-state index in [1.165, 1.54) is 11.8 Å². The summed E-state index contributed by atoms with van der Waals surface area (Å²) in [6.45, 7) is 1.97. The van der Waals surface area contributed by atoms with Crippen LogP contribution in [0.1, 0.15) is 5.56 Å². The van der Waals surface area contributed by atoms with Gasteiger partial charge in [0.2, 0.25) is 0 Å². The van der Waals surface area contributed by atoms with Crippen LogP contribution < -0.4 is 5.73 Å². The van der Waals surface area contributed by atoms with E-state index in [0.29, 0.717) is 0 Å². The fourth-order valence-corrected chi connectivity index (χ4v) is 2.38. The van der Waals surface area contributed by atoms with Gasteiger partial charge in [-0.15, -0.1) is 0 Å². The Morgan fingerprint density at radius 2 is 1.94 bits per heavy atom. The molecule has 0 fully saturated rings. The highest BCUT2D eigenvalue weighted by Gasteiger charge is 2.04. The van der Waals surface area contributed by atoms with Gasteiger partial charge in [0.05, 0.1) is 0 Å². The quantitative estimate of drug-likeness (QED) is 0.517. The minimum atomic E-state index is 0.721. The van der Waals surface area contributed by atoms with Crippen molar-refractivity contribution in [3.05, 3.63) is 39.7 Å². The van der Waals surface area contributed by atoms with Crippen LogP contribution in [0.25, 0.3) is 0 Å². The molecule has 5 heteroatoms. The lowest BCUT2D eigenvalue weighted by molar-refractivity contribution is 0.950. The monoisotopic (exact) mass is 343 g/mol. The zero-order chi connectivity index (χ0) is 11.5. The van der Waals surface area contributed by atoms with Gasteiger partial charge in [0.25, 0.3) is 0 Å². The molecule has 0 spiro atoms. The Morgan fingerprint density at radius 3 is 2.56 bits per heavy atom. The maximum atomic E-state index is 5.92. The number of anilines is 1. The van der Waals surface area contributed by atoms with Crippen molar-refractivity contribution in [2.24, 2.45) is 0 Å². The smallest absolute Gasteiger partial charge is 0.192 e. The molecule has 0 atom stereocenters. The second kappa shape index (κ2) is 5.01. The Bertz CT molecular complexity index is 499. The van der Waals surface area contributed by atoms with Crippen LogP contribution in [0.2, 0.25) is 0 Å². The van der Waals surface area contributed by atoms with Crippen LogP contribution in [0.15, 0.2) is 40.6 Å².